The van der Waals surface area contributed by atoms with Gasteiger partial charge < -0.3 is 9.72 Å². The summed E-state index contributed by atoms with van der Waals surface area (Å²) >= 11 is 0. The van der Waals surface area contributed by atoms with Gasteiger partial charge in [0.2, 0.25) is 0 Å². The number of benzene rings is 2. The number of hydrogen-bond donors (Lipinski definition) is 1. The number of aromatic nitrogens is 1. The monoisotopic (exact) mass is 393 g/mol. The molecule has 1 aliphatic rings. The number of carbonyl (C=O) groups excluding carboxylic acids is 1. The maximum absolute atomic E-state index is 13.0. The largest absolute Gasteiger partial charge is 0.444 e. The highest BCUT2D eigenvalue weighted by molar-refractivity contribution is 5.87. The molecule has 150 valence electrons. The van der Waals surface area contributed by atoms with Crippen molar-refractivity contribution in [2.75, 3.05) is 6.54 Å². The number of nitrogens with zero attached hydrogens (tertiary/aromatic N) is 2. The number of ether oxygens (including phenoxy) is 1. The average Bonchev–Trinajstić information content (AvgIpc) is 3.08. The number of hydrogen-bond acceptors (Lipinski definition) is 4. The fourth-order valence-electron chi connectivity index (χ4n) is 3.89. The number of rotatable bonds is 2. The molecule has 29 heavy (non-hydrogen) atoms. The second-order valence-corrected chi connectivity index (χ2v) is 8.26. The fraction of sp³-hybridized carbons (Fsp3) is 0.318. The van der Waals surface area contributed by atoms with Crippen molar-refractivity contribution in [3.05, 3.63) is 75.5 Å². The van der Waals surface area contributed by atoms with E-state index in [2.05, 4.69) is 11.1 Å². The lowest BCUT2D eigenvalue weighted by atomic mass is 9.88. The van der Waals surface area contributed by atoms with Crippen LogP contribution >= 0.6 is 0 Å². The lowest BCUT2D eigenvalue weighted by molar-refractivity contribution is -0.384. The van der Waals surface area contributed by atoms with Gasteiger partial charge in [-0.15, -0.1) is 0 Å². The number of nitro groups is 1. The van der Waals surface area contributed by atoms with Gasteiger partial charge in [0.25, 0.3) is 5.69 Å². The summed E-state index contributed by atoms with van der Waals surface area (Å²) in [6.07, 6.45) is 2.17. The van der Waals surface area contributed by atoms with E-state index in [0.717, 1.165) is 34.0 Å². The summed E-state index contributed by atoms with van der Waals surface area (Å²) in [7, 11) is 0. The van der Waals surface area contributed by atoms with E-state index in [9.17, 15) is 14.9 Å². The molecule has 0 radical (unpaired) electrons. The molecule has 1 N–H and O–H groups in total. The fourth-order valence-corrected chi connectivity index (χ4v) is 3.89. The molecule has 2 aromatic carbocycles. The minimum Gasteiger partial charge on any atom is -0.444 e. The highest BCUT2D eigenvalue weighted by Crippen LogP contribution is 2.39. The predicted octanol–water partition coefficient (Wildman–Crippen LogP) is 4.96. The molecular formula is C22H23N3O4. The number of nitro benzene ring substituents is 1. The van der Waals surface area contributed by atoms with E-state index in [1.54, 1.807) is 17.0 Å². The van der Waals surface area contributed by atoms with E-state index in [1.165, 1.54) is 6.07 Å². The van der Waals surface area contributed by atoms with Gasteiger partial charge in [-0.3, -0.25) is 15.0 Å². The smallest absolute Gasteiger partial charge is 0.411 e. The third-order valence-corrected chi connectivity index (χ3v) is 5.11. The Morgan fingerprint density at radius 3 is 2.69 bits per heavy atom. The Balaban J connectivity index is 1.87. The van der Waals surface area contributed by atoms with E-state index in [4.69, 9.17) is 4.74 Å². The molecule has 7 nitrogen and oxygen atoms in total. The molecule has 4 rings (SSSR count). The Labute approximate surface area is 168 Å². The summed E-state index contributed by atoms with van der Waals surface area (Å²) in [5, 5.41) is 12.0. The number of H-pyrrole nitrogens is 1. The van der Waals surface area contributed by atoms with Gasteiger partial charge in [-0.05, 0) is 44.4 Å². The third-order valence-electron chi connectivity index (χ3n) is 5.11. The summed E-state index contributed by atoms with van der Waals surface area (Å²) < 4.78 is 5.66. The van der Waals surface area contributed by atoms with Crippen molar-refractivity contribution in [3.8, 4) is 0 Å². The molecule has 0 bridgehead atoms. The molecular weight excluding hydrogens is 370 g/mol. The number of aromatic amines is 1. The molecule has 1 amide bonds. The summed E-state index contributed by atoms with van der Waals surface area (Å²) in [6, 6.07) is 12.4. The zero-order chi connectivity index (χ0) is 20.8. The molecule has 7 heteroatoms. The second kappa shape index (κ2) is 6.92. The third kappa shape index (κ3) is 3.55. The van der Waals surface area contributed by atoms with E-state index in [1.807, 2.05) is 45.2 Å². The lowest BCUT2D eigenvalue weighted by Crippen LogP contribution is -2.43. The van der Waals surface area contributed by atoms with Gasteiger partial charge in [-0.25, -0.2) is 4.79 Å². The molecule has 0 spiro atoms. The molecule has 1 unspecified atom stereocenters. The van der Waals surface area contributed by atoms with Gasteiger partial charge >= 0.3 is 6.09 Å². The van der Waals surface area contributed by atoms with Crippen LogP contribution in [0.1, 0.15) is 43.5 Å². The van der Waals surface area contributed by atoms with Gasteiger partial charge in [0.15, 0.2) is 0 Å². The van der Waals surface area contributed by atoms with Crippen LogP contribution in [0.15, 0.2) is 48.7 Å². The van der Waals surface area contributed by atoms with Crippen molar-refractivity contribution in [2.45, 2.75) is 38.8 Å². The van der Waals surface area contributed by atoms with E-state index < -0.39 is 16.6 Å². The number of amides is 1. The van der Waals surface area contributed by atoms with Crippen molar-refractivity contribution in [2.24, 2.45) is 0 Å². The standard InChI is InChI=1S/C22H23N3O4/c1-22(2,3)29-21(26)24-11-10-14-6-4-5-7-16(14)20(24)18-13-23-19-9-8-15(25(27)28)12-17(18)19/h4-9,12-13,20,23H,10-11H2,1-3H3. The van der Waals surface area contributed by atoms with Gasteiger partial charge in [0.05, 0.1) is 11.0 Å². The van der Waals surface area contributed by atoms with Gasteiger partial charge in [-0.2, -0.15) is 0 Å². The average molecular weight is 393 g/mol. The molecule has 1 atom stereocenters. The highest BCUT2D eigenvalue weighted by atomic mass is 16.6. The highest BCUT2D eigenvalue weighted by Gasteiger charge is 2.36. The van der Waals surface area contributed by atoms with Crippen LogP contribution in [0.3, 0.4) is 0 Å². The normalized spacial score (nSPS) is 16.5. The van der Waals surface area contributed by atoms with Crippen molar-refractivity contribution in [1.29, 1.82) is 0 Å². The van der Waals surface area contributed by atoms with Crippen LogP contribution in [0.4, 0.5) is 10.5 Å². The van der Waals surface area contributed by atoms with Crippen LogP contribution in [0, 0.1) is 10.1 Å². The maximum Gasteiger partial charge on any atom is 0.411 e. The number of carbonyl (C=O) groups is 1. The number of non-ortho nitro benzene ring substituents is 1. The predicted molar refractivity (Wildman–Crippen MR) is 110 cm³/mol. The molecule has 2 heterocycles. The van der Waals surface area contributed by atoms with Crippen LogP contribution < -0.4 is 0 Å². The topological polar surface area (TPSA) is 88.5 Å². The molecule has 1 aromatic heterocycles. The first kappa shape index (κ1) is 19.0. The van der Waals surface area contributed by atoms with Crippen LogP contribution in [-0.2, 0) is 11.2 Å². The van der Waals surface area contributed by atoms with Crippen molar-refractivity contribution >= 4 is 22.7 Å². The molecule has 0 saturated heterocycles. The Morgan fingerprint density at radius 1 is 1.21 bits per heavy atom. The van der Waals surface area contributed by atoms with Crippen LogP contribution in [0.2, 0.25) is 0 Å². The van der Waals surface area contributed by atoms with Crippen molar-refractivity contribution in [3.63, 3.8) is 0 Å². The first-order valence-corrected chi connectivity index (χ1v) is 9.57. The second-order valence-electron chi connectivity index (χ2n) is 8.26. The number of nitrogens with one attached hydrogen (secondary N) is 1. The Hall–Kier alpha value is -3.35. The van der Waals surface area contributed by atoms with Crippen molar-refractivity contribution < 1.29 is 14.5 Å². The maximum atomic E-state index is 13.0. The minimum absolute atomic E-state index is 0.0197. The van der Waals surface area contributed by atoms with E-state index in [-0.39, 0.29) is 11.7 Å². The summed E-state index contributed by atoms with van der Waals surface area (Å²) in [5.41, 5.74) is 3.19. The first-order chi connectivity index (χ1) is 13.7. The Morgan fingerprint density at radius 2 is 1.97 bits per heavy atom. The van der Waals surface area contributed by atoms with Crippen LogP contribution in [0.5, 0.6) is 0 Å². The number of fused-ring (bicyclic) bond motifs is 2. The molecule has 3 aromatic rings. The van der Waals surface area contributed by atoms with E-state index in [0.29, 0.717) is 6.54 Å². The van der Waals surface area contributed by atoms with E-state index >= 15 is 0 Å². The quantitative estimate of drug-likeness (QED) is 0.492. The molecule has 0 aliphatic carbocycles. The van der Waals surface area contributed by atoms with Crippen LogP contribution in [0.25, 0.3) is 10.9 Å². The SMILES string of the molecule is CC(C)(C)OC(=O)N1CCc2ccccc2C1c1c[nH]c2ccc([N+](=O)[O-])cc12. The van der Waals surface area contributed by atoms with Gasteiger partial charge in [0, 0.05) is 41.3 Å². The Kier molecular flexibility index (Phi) is 4.53. The zero-order valence-electron chi connectivity index (χ0n) is 16.6. The van der Waals surface area contributed by atoms with Gasteiger partial charge in [0.1, 0.15) is 5.60 Å². The first-order valence-electron chi connectivity index (χ1n) is 9.57. The summed E-state index contributed by atoms with van der Waals surface area (Å²) in [5.74, 6) is 0. The molecule has 0 saturated carbocycles. The summed E-state index contributed by atoms with van der Waals surface area (Å²) in [6.45, 7) is 6.03. The molecule has 1 aliphatic heterocycles. The van der Waals surface area contributed by atoms with Gasteiger partial charge in [-0.1, -0.05) is 24.3 Å². The van der Waals surface area contributed by atoms with Crippen LogP contribution in [-0.4, -0.2) is 33.0 Å². The zero-order valence-corrected chi connectivity index (χ0v) is 16.6. The van der Waals surface area contributed by atoms with Crippen molar-refractivity contribution in [1.82, 2.24) is 9.88 Å². The summed E-state index contributed by atoms with van der Waals surface area (Å²) in [4.78, 5) is 28.8. The molecule has 0 fully saturated rings. The minimum atomic E-state index is -0.613. The lowest BCUT2D eigenvalue weighted by Gasteiger charge is -2.38. The Bertz CT molecular complexity index is 1100.